The number of rotatable bonds is 5. The summed E-state index contributed by atoms with van der Waals surface area (Å²) in [4.78, 5) is 0. The van der Waals surface area contributed by atoms with Crippen LogP contribution in [0.1, 0.15) is 51.3 Å². The Morgan fingerprint density at radius 1 is 1.30 bits per heavy atom. The van der Waals surface area contributed by atoms with E-state index in [0.717, 1.165) is 0 Å². The molecule has 0 spiro atoms. The lowest BCUT2D eigenvalue weighted by Gasteiger charge is -2.31. The Kier molecular flexibility index (Phi) is 5.88. The largest absolute Gasteiger partial charge is 0.598 e. The normalized spacial score (nSPS) is 22.9. The first kappa shape index (κ1) is 21.0. The van der Waals surface area contributed by atoms with Gasteiger partial charge in [0.2, 0.25) is 0 Å². The Bertz CT molecular complexity index is 833. The SMILES string of the molecule is CC(C)(C)[S@+]([O-])N[C@@H](c1cn(C2CC(F)C2)c2cc(Br)c(F)cc12)C(F)F. The molecule has 1 heterocycles. The number of aromatic nitrogens is 1. The predicted octanol–water partition coefficient (Wildman–Crippen LogP) is 5.57. The van der Waals surface area contributed by atoms with E-state index in [1.54, 1.807) is 25.3 Å². The molecule has 3 nitrogen and oxygen atoms in total. The predicted molar refractivity (Wildman–Crippen MR) is 103 cm³/mol. The molecule has 1 aliphatic carbocycles. The minimum absolute atomic E-state index is 0.159. The molecule has 0 aliphatic heterocycles. The molecular formula is C18H21BrF4N2OS. The van der Waals surface area contributed by atoms with Crippen LogP contribution in [0.5, 0.6) is 0 Å². The minimum atomic E-state index is -2.85. The molecule has 1 aromatic heterocycles. The van der Waals surface area contributed by atoms with Crippen molar-refractivity contribution in [3.63, 3.8) is 0 Å². The maximum atomic E-state index is 14.1. The third-order valence-electron chi connectivity index (χ3n) is 4.73. The maximum Gasteiger partial charge on any atom is 0.262 e. The number of halogens is 5. The van der Waals surface area contributed by atoms with Gasteiger partial charge in [-0.3, -0.25) is 0 Å². The second-order valence-corrected chi connectivity index (χ2v) is 10.7. The summed E-state index contributed by atoms with van der Waals surface area (Å²) in [6.45, 7) is 5.03. The van der Waals surface area contributed by atoms with Crippen LogP contribution in [-0.2, 0) is 11.4 Å². The average molecular weight is 469 g/mol. The maximum absolute atomic E-state index is 14.1. The van der Waals surface area contributed by atoms with Gasteiger partial charge in [-0.1, -0.05) is 0 Å². The Morgan fingerprint density at radius 3 is 2.44 bits per heavy atom. The van der Waals surface area contributed by atoms with Gasteiger partial charge < -0.3 is 9.12 Å². The zero-order valence-electron chi connectivity index (χ0n) is 15.1. The molecule has 150 valence electrons. The highest BCUT2D eigenvalue weighted by atomic mass is 79.9. The molecule has 1 aliphatic rings. The molecule has 0 amide bonds. The summed E-state index contributed by atoms with van der Waals surface area (Å²) in [6, 6.07) is 1.01. The van der Waals surface area contributed by atoms with Crippen molar-refractivity contribution in [1.82, 2.24) is 9.29 Å². The first-order valence-electron chi connectivity index (χ1n) is 8.58. The summed E-state index contributed by atoms with van der Waals surface area (Å²) in [5.74, 6) is -0.580. The molecule has 3 rings (SSSR count). The van der Waals surface area contributed by atoms with Gasteiger partial charge in [0.25, 0.3) is 6.43 Å². The number of benzene rings is 1. The van der Waals surface area contributed by atoms with E-state index in [9.17, 15) is 22.1 Å². The highest BCUT2D eigenvalue weighted by Crippen LogP contribution is 2.41. The van der Waals surface area contributed by atoms with Gasteiger partial charge in [-0.25, -0.2) is 17.6 Å². The van der Waals surface area contributed by atoms with Crippen molar-refractivity contribution in [2.45, 2.75) is 63.0 Å². The van der Waals surface area contributed by atoms with Gasteiger partial charge in [-0.15, -0.1) is 4.72 Å². The molecule has 2 aromatic rings. The molecule has 1 saturated carbocycles. The minimum Gasteiger partial charge on any atom is -0.598 e. The van der Waals surface area contributed by atoms with E-state index >= 15 is 0 Å². The third-order valence-corrected chi connectivity index (χ3v) is 6.92. The third kappa shape index (κ3) is 4.16. The van der Waals surface area contributed by atoms with Crippen molar-refractivity contribution < 1.29 is 22.1 Å². The van der Waals surface area contributed by atoms with Crippen LogP contribution in [0.25, 0.3) is 10.9 Å². The van der Waals surface area contributed by atoms with Crippen molar-refractivity contribution in [3.05, 3.63) is 34.2 Å². The highest BCUT2D eigenvalue weighted by Gasteiger charge is 2.37. The number of fused-ring (bicyclic) bond motifs is 1. The summed E-state index contributed by atoms with van der Waals surface area (Å²) >= 11 is 1.38. The molecule has 27 heavy (non-hydrogen) atoms. The van der Waals surface area contributed by atoms with E-state index in [1.165, 1.54) is 18.3 Å². The van der Waals surface area contributed by atoms with Crippen LogP contribution in [0.15, 0.2) is 22.8 Å². The van der Waals surface area contributed by atoms with E-state index in [1.807, 2.05) is 0 Å². The highest BCUT2D eigenvalue weighted by molar-refractivity contribution is 9.10. The van der Waals surface area contributed by atoms with Crippen molar-refractivity contribution in [3.8, 4) is 0 Å². The van der Waals surface area contributed by atoms with Crippen LogP contribution >= 0.6 is 15.9 Å². The number of hydrogen-bond donors (Lipinski definition) is 1. The monoisotopic (exact) mass is 468 g/mol. The number of nitrogens with one attached hydrogen (secondary N) is 1. The van der Waals surface area contributed by atoms with E-state index in [4.69, 9.17) is 0 Å². The van der Waals surface area contributed by atoms with Gasteiger partial charge in [-0.05, 0) is 61.7 Å². The smallest absolute Gasteiger partial charge is 0.262 e. The van der Waals surface area contributed by atoms with E-state index in [-0.39, 0.29) is 16.1 Å². The quantitative estimate of drug-likeness (QED) is 0.459. The zero-order chi connectivity index (χ0) is 20.1. The Hall–Kier alpha value is -0.770. The number of hydrogen-bond acceptors (Lipinski definition) is 2. The molecule has 0 bridgehead atoms. The fourth-order valence-electron chi connectivity index (χ4n) is 3.11. The lowest BCUT2D eigenvalue weighted by atomic mass is 9.90. The van der Waals surface area contributed by atoms with Gasteiger partial charge >= 0.3 is 0 Å². The topological polar surface area (TPSA) is 40.0 Å². The van der Waals surface area contributed by atoms with Crippen LogP contribution in [0.3, 0.4) is 0 Å². The molecule has 0 saturated heterocycles. The number of nitrogens with zero attached hydrogens (tertiary/aromatic N) is 1. The van der Waals surface area contributed by atoms with Crippen LogP contribution in [-0.4, -0.2) is 26.5 Å². The Labute approximate surface area is 166 Å². The average Bonchev–Trinajstić information content (AvgIpc) is 2.86. The van der Waals surface area contributed by atoms with Gasteiger partial charge in [-0.2, -0.15) is 0 Å². The molecule has 1 aromatic carbocycles. The molecule has 1 fully saturated rings. The Morgan fingerprint density at radius 2 is 1.93 bits per heavy atom. The summed E-state index contributed by atoms with van der Waals surface area (Å²) < 4.78 is 71.2. The lowest BCUT2D eigenvalue weighted by molar-refractivity contribution is 0.108. The summed E-state index contributed by atoms with van der Waals surface area (Å²) in [5.41, 5.74) is 0.704. The molecule has 9 heteroatoms. The summed E-state index contributed by atoms with van der Waals surface area (Å²) in [7, 11) is 0. The Balaban J connectivity index is 2.09. The number of alkyl halides is 3. The first-order valence-corrected chi connectivity index (χ1v) is 10.5. The molecule has 2 atom stereocenters. The summed E-state index contributed by atoms with van der Waals surface area (Å²) in [5, 5.41) is 0.307. The summed E-state index contributed by atoms with van der Waals surface area (Å²) in [6.07, 6.45) is -1.68. The standard InChI is InChI=1S/C18H21BrF4N2OS/c1-18(2,3)27(26)24-16(17(22)23)12-8-25(10-4-9(20)5-10)15-7-13(19)14(21)6-11(12)15/h6-10,16-17,24H,4-5H2,1-3H3/t9?,10?,16-,27-/m0/s1. The van der Waals surface area contributed by atoms with Gasteiger partial charge in [0, 0.05) is 40.1 Å². The second kappa shape index (κ2) is 7.57. The molecule has 0 unspecified atom stereocenters. The van der Waals surface area contributed by atoms with E-state index in [2.05, 4.69) is 20.7 Å². The van der Waals surface area contributed by atoms with Gasteiger partial charge in [0.05, 0.1) is 4.47 Å². The van der Waals surface area contributed by atoms with Crippen LogP contribution in [0.4, 0.5) is 17.6 Å². The fraction of sp³-hybridized carbons (Fsp3) is 0.556. The lowest BCUT2D eigenvalue weighted by Crippen LogP contribution is -2.43. The van der Waals surface area contributed by atoms with Crippen molar-refractivity contribution in [2.75, 3.05) is 0 Å². The van der Waals surface area contributed by atoms with Crippen LogP contribution < -0.4 is 4.72 Å². The molecular weight excluding hydrogens is 448 g/mol. The van der Waals surface area contributed by atoms with Gasteiger partial charge in [0.1, 0.15) is 22.8 Å². The van der Waals surface area contributed by atoms with E-state index in [0.29, 0.717) is 23.7 Å². The fourth-order valence-corrected chi connectivity index (χ4v) is 4.26. The van der Waals surface area contributed by atoms with Crippen molar-refractivity contribution in [1.29, 1.82) is 0 Å². The second-order valence-electron chi connectivity index (χ2n) is 7.81. The van der Waals surface area contributed by atoms with Crippen LogP contribution in [0, 0.1) is 5.82 Å². The van der Waals surface area contributed by atoms with E-state index < -0.39 is 40.6 Å². The van der Waals surface area contributed by atoms with Crippen molar-refractivity contribution in [2.24, 2.45) is 0 Å². The van der Waals surface area contributed by atoms with Gasteiger partial charge in [0.15, 0.2) is 0 Å². The molecule has 1 N–H and O–H groups in total. The van der Waals surface area contributed by atoms with Crippen LogP contribution in [0.2, 0.25) is 0 Å². The van der Waals surface area contributed by atoms with Crippen molar-refractivity contribution >= 4 is 38.2 Å². The first-order chi connectivity index (χ1) is 12.5. The molecule has 0 radical (unpaired) electrons. The zero-order valence-corrected chi connectivity index (χ0v) is 17.5.